The average Bonchev–Trinajstić information content (AvgIpc) is 2.48. The van der Waals surface area contributed by atoms with E-state index in [9.17, 15) is 19.2 Å². The van der Waals surface area contributed by atoms with Crippen LogP contribution in [0, 0.1) is 0 Å². The number of esters is 2. The van der Waals surface area contributed by atoms with Crippen molar-refractivity contribution in [3.8, 4) is 0 Å². The van der Waals surface area contributed by atoms with Crippen molar-refractivity contribution in [3.05, 3.63) is 11.3 Å². The summed E-state index contributed by atoms with van der Waals surface area (Å²) in [7, 11) is 0. The van der Waals surface area contributed by atoms with Gasteiger partial charge in [0, 0.05) is 18.2 Å². The lowest BCUT2D eigenvalue weighted by atomic mass is 10.0. The number of nitrogens with two attached hydrogens (primary N) is 1. The molecule has 2 aliphatic rings. The summed E-state index contributed by atoms with van der Waals surface area (Å²) in [6.07, 6.45) is -0.725. The minimum Gasteiger partial charge on any atom is -0.455 e. The fourth-order valence-corrected chi connectivity index (χ4v) is 3.92. The van der Waals surface area contributed by atoms with Crippen molar-refractivity contribution in [1.29, 1.82) is 0 Å². The van der Waals surface area contributed by atoms with Crippen LogP contribution in [0.15, 0.2) is 11.3 Å². The summed E-state index contributed by atoms with van der Waals surface area (Å²) in [5.41, 5.74) is 5.37. The molecular weight excluding hydrogens is 350 g/mol. The third-order valence-corrected chi connectivity index (χ3v) is 4.78. The minimum atomic E-state index is -1.17. The van der Waals surface area contributed by atoms with Crippen molar-refractivity contribution in [2.24, 2.45) is 5.73 Å². The quantitative estimate of drug-likeness (QED) is 0.285. The molecule has 2 aliphatic heterocycles. The van der Waals surface area contributed by atoms with Gasteiger partial charge in [-0.25, -0.2) is 4.79 Å². The molecule has 2 heterocycles. The van der Waals surface area contributed by atoms with Crippen molar-refractivity contribution in [1.82, 2.24) is 10.2 Å². The number of nitrogens with one attached hydrogen (secondary N) is 1. The van der Waals surface area contributed by atoms with Crippen LogP contribution in [0.4, 0.5) is 0 Å². The Bertz CT molecular complexity index is 642. The van der Waals surface area contributed by atoms with Gasteiger partial charge in [0.05, 0.1) is 0 Å². The molecule has 2 rings (SSSR count). The van der Waals surface area contributed by atoms with Crippen LogP contribution in [0.2, 0.25) is 0 Å². The molecule has 2 amide bonds. The van der Waals surface area contributed by atoms with E-state index in [1.54, 1.807) is 20.8 Å². The van der Waals surface area contributed by atoms with E-state index >= 15 is 0 Å². The number of hydrogen-bond acceptors (Lipinski definition) is 8. The summed E-state index contributed by atoms with van der Waals surface area (Å²) in [6, 6.07) is -0.716. The smallest absolute Gasteiger partial charge is 0.355 e. The molecule has 3 N–H and O–H groups in total. The maximum atomic E-state index is 12.6. The van der Waals surface area contributed by atoms with Gasteiger partial charge in [0.25, 0.3) is 5.91 Å². The molecule has 0 bridgehead atoms. The highest BCUT2D eigenvalue weighted by Gasteiger charge is 2.54. The number of carbonyl (C=O) groups is 4. The Morgan fingerprint density at radius 3 is 2.60 bits per heavy atom. The van der Waals surface area contributed by atoms with Gasteiger partial charge < -0.3 is 14.8 Å². The van der Waals surface area contributed by atoms with E-state index in [0.29, 0.717) is 12.0 Å². The Kier molecular flexibility index (Phi) is 5.43. The van der Waals surface area contributed by atoms with Crippen molar-refractivity contribution >= 4 is 36.0 Å². The first-order valence-corrected chi connectivity index (χ1v) is 8.65. The lowest BCUT2D eigenvalue weighted by molar-refractivity contribution is -0.159. The normalized spacial score (nSPS) is 24.0. The Hall–Kier alpha value is -2.07. The van der Waals surface area contributed by atoms with Gasteiger partial charge in [0.1, 0.15) is 22.7 Å². The third-order valence-electron chi connectivity index (χ3n) is 3.47. The fraction of sp³-hybridized carbons (Fsp3) is 0.600. The van der Waals surface area contributed by atoms with Gasteiger partial charge in [-0.15, -0.1) is 11.8 Å². The SMILES string of the molecule is CC(=O)OC(N)C1=C(C(=O)OC(C)(C)C)N2C(=O)[C@@H](NC=O)[C@H]2SC1. The molecule has 3 atom stereocenters. The molecule has 0 radical (unpaired) electrons. The number of nitrogens with zero attached hydrogens (tertiary/aromatic N) is 1. The summed E-state index contributed by atoms with van der Waals surface area (Å²) in [6.45, 7) is 6.29. The molecule has 1 unspecified atom stereocenters. The van der Waals surface area contributed by atoms with Crippen LogP contribution >= 0.6 is 11.8 Å². The Balaban J connectivity index is 2.39. The lowest BCUT2D eigenvalue weighted by Gasteiger charge is -2.49. The molecule has 0 aromatic carbocycles. The number of rotatable bonds is 5. The van der Waals surface area contributed by atoms with Crippen LogP contribution in [0.3, 0.4) is 0 Å². The van der Waals surface area contributed by atoms with Gasteiger partial charge in [-0.1, -0.05) is 0 Å². The summed E-state index contributed by atoms with van der Waals surface area (Å²) < 4.78 is 10.3. The number of thioether (sulfide) groups is 1. The van der Waals surface area contributed by atoms with E-state index in [4.69, 9.17) is 15.2 Å². The minimum absolute atomic E-state index is 0.0265. The summed E-state index contributed by atoms with van der Waals surface area (Å²) in [5.74, 6) is -1.52. The van der Waals surface area contributed by atoms with Gasteiger partial charge in [0.2, 0.25) is 6.41 Å². The lowest BCUT2D eigenvalue weighted by Crippen LogP contribution is -2.70. The summed E-state index contributed by atoms with van der Waals surface area (Å²) >= 11 is 1.31. The predicted molar refractivity (Wildman–Crippen MR) is 88.7 cm³/mol. The second-order valence-corrected chi connectivity index (χ2v) is 7.68. The molecule has 0 aromatic rings. The Labute approximate surface area is 149 Å². The molecule has 1 fully saturated rings. The van der Waals surface area contributed by atoms with Crippen molar-refractivity contribution in [2.45, 2.75) is 50.9 Å². The topological polar surface area (TPSA) is 128 Å². The third kappa shape index (κ3) is 3.96. The fourth-order valence-electron chi connectivity index (χ4n) is 2.52. The van der Waals surface area contributed by atoms with Crippen molar-refractivity contribution in [3.63, 3.8) is 0 Å². The molecular formula is C15H21N3O6S. The van der Waals surface area contributed by atoms with Gasteiger partial charge in [-0.05, 0) is 20.8 Å². The second kappa shape index (κ2) is 7.04. The van der Waals surface area contributed by atoms with E-state index < -0.39 is 41.1 Å². The zero-order valence-electron chi connectivity index (χ0n) is 14.4. The Morgan fingerprint density at radius 2 is 2.08 bits per heavy atom. The monoisotopic (exact) mass is 371 g/mol. The largest absolute Gasteiger partial charge is 0.455 e. The van der Waals surface area contributed by atoms with E-state index in [-0.39, 0.29) is 11.4 Å². The molecule has 1 saturated heterocycles. The van der Waals surface area contributed by atoms with Crippen molar-refractivity contribution < 1.29 is 28.7 Å². The van der Waals surface area contributed by atoms with Crippen LogP contribution in [-0.2, 0) is 28.7 Å². The van der Waals surface area contributed by atoms with E-state index in [1.165, 1.54) is 23.6 Å². The molecule has 138 valence electrons. The maximum Gasteiger partial charge on any atom is 0.355 e. The van der Waals surface area contributed by atoms with Gasteiger partial charge >= 0.3 is 11.9 Å². The number of hydrogen-bond donors (Lipinski definition) is 2. The van der Waals surface area contributed by atoms with Crippen LogP contribution in [0.5, 0.6) is 0 Å². The van der Waals surface area contributed by atoms with Gasteiger partial charge in [-0.2, -0.15) is 0 Å². The number of amides is 2. The van der Waals surface area contributed by atoms with E-state index in [0.717, 1.165) is 0 Å². The number of β-lactam (4-membered cyclic amide) rings is 1. The van der Waals surface area contributed by atoms with Crippen LogP contribution in [0.1, 0.15) is 27.7 Å². The number of fused-ring (bicyclic) bond motifs is 1. The molecule has 9 nitrogen and oxygen atoms in total. The molecule has 0 spiro atoms. The van der Waals surface area contributed by atoms with E-state index in [1.807, 2.05) is 0 Å². The number of ether oxygens (including phenoxy) is 2. The summed E-state index contributed by atoms with van der Waals surface area (Å²) in [4.78, 5) is 48.1. The summed E-state index contributed by atoms with van der Waals surface area (Å²) in [5, 5.41) is 1.99. The first kappa shape index (κ1) is 19.3. The van der Waals surface area contributed by atoms with Gasteiger partial charge in [0.15, 0.2) is 6.23 Å². The maximum absolute atomic E-state index is 12.6. The highest BCUT2D eigenvalue weighted by molar-refractivity contribution is 8.00. The zero-order valence-corrected chi connectivity index (χ0v) is 15.2. The predicted octanol–water partition coefficient (Wildman–Crippen LogP) is -0.540. The number of carbonyl (C=O) groups excluding carboxylic acids is 4. The standard InChI is InChI=1S/C15H21N3O6S/c1-7(20)23-11(16)8-5-25-13-9(17-6-19)12(21)18(13)10(8)14(22)24-15(2,3)4/h6,9,11,13H,5,16H2,1-4H3,(H,17,19)/t9-,11?,13-/m1/s1. The van der Waals surface area contributed by atoms with E-state index in [2.05, 4.69) is 5.32 Å². The zero-order chi connectivity index (χ0) is 18.9. The molecule has 0 aliphatic carbocycles. The average molecular weight is 371 g/mol. The first-order chi connectivity index (χ1) is 11.6. The van der Waals surface area contributed by atoms with Crippen molar-refractivity contribution in [2.75, 3.05) is 5.75 Å². The first-order valence-electron chi connectivity index (χ1n) is 7.60. The molecule has 0 saturated carbocycles. The van der Waals surface area contributed by atoms with Crippen LogP contribution in [-0.4, -0.2) is 58.2 Å². The second-order valence-electron chi connectivity index (χ2n) is 6.58. The van der Waals surface area contributed by atoms with Crippen LogP contribution < -0.4 is 11.1 Å². The molecule has 10 heteroatoms. The Morgan fingerprint density at radius 1 is 1.44 bits per heavy atom. The highest BCUT2D eigenvalue weighted by atomic mass is 32.2. The molecule has 0 aromatic heterocycles. The highest BCUT2D eigenvalue weighted by Crippen LogP contribution is 2.41. The molecule has 25 heavy (non-hydrogen) atoms. The van der Waals surface area contributed by atoms with Crippen LogP contribution in [0.25, 0.3) is 0 Å². The van der Waals surface area contributed by atoms with Gasteiger partial charge in [-0.3, -0.25) is 25.0 Å².